The number of urea groups is 1. The highest BCUT2D eigenvalue weighted by Crippen LogP contribution is 2.15. The number of rotatable bonds is 8. The first-order valence-electron chi connectivity index (χ1n) is 11.7. The van der Waals surface area contributed by atoms with E-state index >= 15 is 0 Å². The summed E-state index contributed by atoms with van der Waals surface area (Å²) in [5, 5.41) is 15.4. The quantitative estimate of drug-likeness (QED) is 0.409. The molecule has 7 nitrogen and oxygen atoms in total. The molecule has 2 aromatic carbocycles. The third-order valence-electron chi connectivity index (χ3n) is 5.60. The number of nitrogens with one attached hydrogen (secondary N) is 2. The summed E-state index contributed by atoms with van der Waals surface area (Å²) in [4.78, 5) is 12.7. The molecule has 0 aliphatic carbocycles. The number of aromatic nitrogens is 4. The smallest absolute Gasteiger partial charge is 0.315 e. The summed E-state index contributed by atoms with van der Waals surface area (Å²) in [5.41, 5.74) is 6.06. The van der Waals surface area contributed by atoms with Crippen LogP contribution in [0.4, 0.5) is 4.79 Å². The van der Waals surface area contributed by atoms with E-state index in [4.69, 9.17) is 0 Å². The van der Waals surface area contributed by atoms with Crippen LogP contribution >= 0.6 is 0 Å². The van der Waals surface area contributed by atoms with Crippen LogP contribution in [0, 0.1) is 13.8 Å². The number of hydrogen-bond donors (Lipinski definition) is 2. The molecule has 4 rings (SSSR count). The van der Waals surface area contributed by atoms with Gasteiger partial charge in [-0.3, -0.25) is 0 Å². The Morgan fingerprint density at radius 1 is 0.735 bits per heavy atom. The maximum atomic E-state index is 12.7. The number of para-hydroxylation sites is 2. The van der Waals surface area contributed by atoms with Gasteiger partial charge in [-0.15, -0.1) is 0 Å². The highest BCUT2D eigenvalue weighted by atomic mass is 16.2. The van der Waals surface area contributed by atoms with Crippen LogP contribution in [0.25, 0.3) is 11.4 Å². The molecule has 2 unspecified atom stereocenters. The van der Waals surface area contributed by atoms with Gasteiger partial charge >= 0.3 is 6.03 Å². The van der Waals surface area contributed by atoms with Crippen LogP contribution in [0.3, 0.4) is 0 Å². The van der Waals surface area contributed by atoms with Gasteiger partial charge in [0.2, 0.25) is 0 Å². The van der Waals surface area contributed by atoms with Crippen molar-refractivity contribution < 1.29 is 4.79 Å². The third kappa shape index (κ3) is 5.73. The summed E-state index contributed by atoms with van der Waals surface area (Å²) in [6.45, 7) is 7.99. The standard InChI is InChI=1S/C27H32N6O/c1-19(15-25-17-21(3)30-32(25)23-11-7-5-8-12-23)28-27(34)29-20(2)16-26-18-22(4)31-33(26)24-13-9-6-10-14-24/h5-14,17-20H,15-16H2,1-4H3,(H2,28,29,34). The normalized spacial score (nSPS) is 12.8. The van der Waals surface area contributed by atoms with Gasteiger partial charge in [-0.05, 0) is 64.1 Å². The van der Waals surface area contributed by atoms with Gasteiger partial charge in [-0.25, -0.2) is 14.2 Å². The molecule has 0 aliphatic rings. The van der Waals surface area contributed by atoms with Gasteiger partial charge in [-0.1, -0.05) is 36.4 Å². The number of nitrogens with zero attached hydrogens (tertiary/aromatic N) is 4. The molecule has 0 saturated heterocycles. The Morgan fingerprint density at radius 2 is 1.12 bits per heavy atom. The van der Waals surface area contributed by atoms with E-state index in [2.05, 4.69) is 33.0 Å². The van der Waals surface area contributed by atoms with Crippen LogP contribution in [0.1, 0.15) is 36.6 Å². The number of benzene rings is 2. The second-order valence-corrected chi connectivity index (χ2v) is 8.88. The van der Waals surface area contributed by atoms with E-state index in [-0.39, 0.29) is 18.1 Å². The Bertz CT molecular complexity index is 1130. The zero-order valence-electron chi connectivity index (χ0n) is 20.2. The van der Waals surface area contributed by atoms with E-state index < -0.39 is 0 Å². The van der Waals surface area contributed by atoms with Crippen molar-refractivity contribution in [2.75, 3.05) is 0 Å². The predicted molar refractivity (Wildman–Crippen MR) is 135 cm³/mol. The van der Waals surface area contributed by atoms with E-state index in [9.17, 15) is 4.79 Å². The SMILES string of the molecule is Cc1cc(CC(C)NC(=O)NC(C)Cc2cc(C)nn2-c2ccccc2)n(-c2ccccc2)n1. The van der Waals surface area contributed by atoms with Crippen molar-refractivity contribution in [3.8, 4) is 11.4 Å². The van der Waals surface area contributed by atoms with Crippen molar-refractivity contribution in [3.63, 3.8) is 0 Å². The fourth-order valence-electron chi connectivity index (χ4n) is 4.20. The average Bonchev–Trinajstić information content (AvgIpc) is 3.36. The van der Waals surface area contributed by atoms with E-state index in [0.29, 0.717) is 12.8 Å². The van der Waals surface area contributed by atoms with Crippen LogP contribution in [0.5, 0.6) is 0 Å². The van der Waals surface area contributed by atoms with Gasteiger partial charge in [0.05, 0.1) is 22.8 Å². The average molecular weight is 457 g/mol. The maximum absolute atomic E-state index is 12.7. The fourth-order valence-corrected chi connectivity index (χ4v) is 4.20. The predicted octanol–water partition coefficient (Wildman–Crippen LogP) is 4.54. The van der Waals surface area contributed by atoms with Crippen LogP contribution in [-0.2, 0) is 12.8 Å². The van der Waals surface area contributed by atoms with Gasteiger partial charge in [0.25, 0.3) is 0 Å². The molecule has 0 spiro atoms. The molecule has 176 valence electrons. The maximum Gasteiger partial charge on any atom is 0.315 e. The van der Waals surface area contributed by atoms with Crippen molar-refractivity contribution >= 4 is 6.03 Å². The number of carbonyl (C=O) groups excluding carboxylic acids is 1. The van der Waals surface area contributed by atoms with Crippen LogP contribution in [0.15, 0.2) is 72.8 Å². The summed E-state index contributed by atoms with van der Waals surface area (Å²) < 4.78 is 3.89. The summed E-state index contributed by atoms with van der Waals surface area (Å²) >= 11 is 0. The second kappa shape index (κ2) is 10.4. The Morgan fingerprint density at radius 3 is 1.50 bits per heavy atom. The lowest BCUT2D eigenvalue weighted by Gasteiger charge is -2.19. The van der Waals surface area contributed by atoms with E-state index in [1.165, 1.54) is 0 Å². The molecule has 2 atom stereocenters. The van der Waals surface area contributed by atoms with Gasteiger partial charge < -0.3 is 10.6 Å². The first-order valence-corrected chi connectivity index (χ1v) is 11.7. The summed E-state index contributed by atoms with van der Waals surface area (Å²) in [5.74, 6) is 0. The molecule has 0 radical (unpaired) electrons. The molecule has 4 aromatic rings. The molecule has 0 saturated carbocycles. The summed E-state index contributed by atoms with van der Waals surface area (Å²) in [6.07, 6.45) is 1.36. The van der Waals surface area contributed by atoms with Crippen LogP contribution in [-0.4, -0.2) is 37.7 Å². The number of hydrogen-bond acceptors (Lipinski definition) is 3. The third-order valence-corrected chi connectivity index (χ3v) is 5.60. The molecule has 0 bridgehead atoms. The lowest BCUT2D eigenvalue weighted by atomic mass is 10.1. The minimum absolute atomic E-state index is 0.0529. The first-order chi connectivity index (χ1) is 16.4. The van der Waals surface area contributed by atoms with E-state index in [1.807, 2.05) is 97.7 Å². The Labute approximate surface area is 200 Å². The van der Waals surface area contributed by atoms with Crippen molar-refractivity contribution in [3.05, 3.63) is 95.6 Å². The van der Waals surface area contributed by atoms with Gasteiger partial charge in [0.15, 0.2) is 0 Å². The molecule has 2 amide bonds. The molecule has 0 fully saturated rings. The molecular formula is C27H32N6O. The second-order valence-electron chi connectivity index (χ2n) is 8.88. The van der Waals surface area contributed by atoms with Crippen LogP contribution < -0.4 is 10.6 Å². The Balaban J connectivity index is 1.35. The molecule has 2 aromatic heterocycles. The van der Waals surface area contributed by atoms with E-state index in [0.717, 1.165) is 34.2 Å². The summed E-state index contributed by atoms with van der Waals surface area (Å²) in [7, 11) is 0. The van der Waals surface area contributed by atoms with Crippen molar-refractivity contribution in [1.29, 1.82) is 0 Å². The highest BCUT2D eigenvalue weighted by Gasteiger charge is 2.16. The van der Waals surface area contributed by atoms with Gasteiger partial charge in [-0.2, -0.15) is 10.2 Å². The van der Waals surface area contributed by atoms with Gasteiger partial charge in [0, 0.05) is 36.3 Å². The summed E-state index contributed by atoms with van der Waals surface area (Å²) in [6, 6.07) is 24.0. The first kappa shape index (κ1) is 23.3. The zero-order valence-corrected chi connectivity index (χ0v) is 20.2. The molecular weight excluding hydrogens is 424 g/mol. The highest BCUT2D eigenvalue weighted by molar-refractivity contribution is 5.74. The van der Waals surface area contributed by atoms with Crippen molar-refractivity contribution in [2.24, 2.45) is 0 Å². The monoisotopic (exact) mass is 456 g/mol. The van der Waals surface area contributed by atoms with E-state index in [1.54, 1.807) is 0 Å². The van der Waals surface area contributed by atoms with Crippen LogP contribution in [0.2, 0.25) is 0 Å². The Hall–Kier alpha value is -3.87. The van der Waals surface area contributed by atoms with Crippen molar-refractivity contribution in [2.45, 2.75) is 52.6 Å². The number of aryl methyl sites for hydroxylation is 2. The Kier molecular flexibility index (Phi) is 7.11. The minimum Gasteiger partial charge on any atom is -0.335 e. The molecule has 2 N–H and O–H groups in total. The van der Waals surface area contributed by atoms with Crippen molar-refractivity contribution in [1.82, 2.24) is 30.2 Å². The zero-order chi connectivity index (χ0) is 24.1. The lowest BCUT2D eigenvalue weighted by Crippen LogP contribution is -2.46. The van der Waals surface area contributed by atoms with Gasteiger partial charge in [0.1, 0.15) is 0 Å². The fraction of sp³-hybridized carbons (Fsp3) is 0.296. The lowest BCUT2D eigenvalue weighted by molar-refractivity contribution is 0.234. The molecule has 2 heterocycles. The molecule has 7 heteroatoms. The topological polar surface area (TPSA) is 76.8 Å². The number of carbonyl (C=O) groups is 1. The minimum atomic E-state index is -0.176. The number of amides is 2. The largest absolute Gasteiger partial charge is 0.335 e. The molecule has 34 heavy (non-hydrogen) atoms. The molecule has 0 aliphatic heterocycles.